The van der Waals surface area contributed by atoms with Gasteiger partial charge in [0.2, 0.25) is 0 Å². The van der Waals surface area contributed by atoms with Crippen molar-refractivity contribution in [3.05, 3.63) is 33.5 Å². The lowest BCUT2D eigenvalue weighted by atomic mass is 9.95. The molecule has 0 aliphatic heterocycles. The van der Waals surface area contributed by atoms with Crippen LogP contribution in [0.3, 0.4) is 0 Å². The summed E-state index contributed by atoms with van der Waals surface area (Å²) in [5.74, 6) is -0.524. The third-order valence-corrected chi connectivity index (χ3v) is 6.30. The van der Waals surface area contributed by atoms with Crippen LogP contribution in [0.4, 0.5) is 4.39 Å². The largest absolute Gasteiger partial charge is 0.466 e. The normalized spacial score (nSPS) is 17.2. The van der Waals surface area contributed by atoms with E-state index in [1.54, 1.807) is 13.0 Å². The number of benzene rings is 1. The molecule has 0 amide bonds. The van der Waals surface area contributed by atoms with Gasteiger partial charge in [0, 0.05) is 4.47 Å². The Bertz CT molecular complexity index is 671. The predicted molar refractivity (Wildman–Crippen MR) is 101 cm³/mol. The maximum absolute atomic E-state index is 14.5. The summed E-state index contributed by atoms with van der Waals surface area (Å²) in [4.78, 5) is 12.1. The quantitative estimate of drug-likeness (QED) is 0.643. The Balaban J connectivity index is 2.42. The monoisotopic (exact) mass is 433 g/mol. The molecule has 2 atom stereocenters. The minimum absolute atomic E-state index is 0.00255. The zero-order valence-corrected chi connectivity index (χ0v) is 17.4. The van der Waals surface area contributed by atoms with E-state index >= 15 is 0 Å². The second-order valence-corrected chi connectivity index (χ2v) is 10.0. The number of hydrogen-bond acceptors (Lipinski definition) is 3. The van der Waals surface area contributed by atoms with Crippen LogP contribution >= 0.6 is 15.9 Å². The first kappa shape index (κ1) is 20.5. The Morgan fingerprint density at radius 1 is 1.44 bits per heavy atom. The molecule has 1 aliphatic rings. The minimum Gasteiger partial charge on any atom is -0.466 e. The molecule has 1 fully saturated rings. The van der Waals surface area contributed by atoms with E-state index in [0.717, 1.165) is 12.8 Å². The van der Waals surface area contributed by atoms with Crippen LogP contribution in [-0.4, -0.2) is 21.5 Å². The molecule has 0 heterocycles. The average molecular weight is 434 g/mol. The molecule has 0 radical (unpaired) electrons. The molecule has 0 unspecified atom stereocenters. The summed E-state index contributed by atoms with van der Waals surface area (Å²) in [6.07, 6.45) is 1.85. The SMILES string of the molecule is CCOC(=O)C[C@@H](N[S@@](=O)C(C)(C)C)c1c(Br)ccc(F)c1C1CC1. The van der Waals surface area contributed by atoms with Crippen LogP contribution in [0.1, 0.15) is 70.0 Å². The molecule has 0 aromatic heterocycles. The smallest absolute Gasteiger partial charge is 0.307 e. The Kier molecular flexibility index (Phi) is 6.79. The van der Waals surface area contributed by atoms with Crippen LogP contribution in [-0.2, 0) is 20.5 Å². The van der Waals surface area contributed by atoms with Crippen molar-refractivity contribution >= 4 is 32.9 Å². The number of esters is 1. The van der Waals surface area contributed by atoms with Crippen LogP contribution in [0.2, 0.25) is 0 Å². The van der Waals surface area contributed by atoms with E-state index in [1.165, 1.54) is 6.07 Å². The molecule has 0 bridgehead atoms. The molecule has 0 saturated heterocycles. The van der Waals surface area contributed by atoms with Crippen molar-refractivity contribution in [1.29, 1.82) is 0 Å². The Labute approximate surface area is 159 Å². The van der Waals surface area contributed by atoms with Crippen molar-refractivity contribution in [1.82, 2.24) is 4.72 Å². The molecule has 4 nitrogen and oxygen atoms in total. The van der Waals surface area contributed by atoms with Gasteiger partial charge < -0.3 is 4.74 Å². The van der Waals surface area contributed by atoms with Gasteiger partial charge in [-0.2, -0.15) is 0 Å². The van der Waals surface area contributed by atoms with Gasteiger partial charge >= 0.3 is 5.97 Å². The zero-order chi connectivity index (χ0) is 18.8. The van der Waals surface area contributed by atoms with Crippen molar-refractivity contribution in [2.24, 2.45) is 0 Å². The number of halogens is 2. The maximum Gasteiger partial charge on any atom is 0.307 e. The minimum atomic E-state index is -1.41. The Morgan fingerprint density at radius 2 is 2.08 bits per heavy atom. The number of nitrogens with one attached hydrogen (secondary N) is 1. The van der Waals surface area contributed by atoms with Gasteiger partial charge in [0.15, 0.2) is 0 Å². The summed E-state index contributed by atoms with van der Waals surface area (Å²) in [6, 6.07) is 2.49. The number of rotatable bonds is 7. The molecule has 0 spiro atoms. The van der Waals surface area contributed by atoms with Crippen LogP contribution < -0.4 is 4.72 Å². The van der Waals surface area contributed by atoms with Crippen molar-refractivity contribution in [3.63, 3.8) is 0 Å². The Hall–Kier alpha value is -0.790. The number of ether oxygens (including phenoxy) is 1. The van der Waals surface area contributed by atoms with Crippen molar-refractivity contribution < 1.29 is 18.1 Å². The second-order valence-electron chi connectivity index (χ2n) is 7.19. The first-order valence-electron chi connectivity index (χ1n) is 8.46. The highest BCUT2D eigenvalue weighted by molar-refractivity contribution is 9.10. The number of carbonyl (C=O) groups is 1. The van der Waals surface area contributed by atoms with Crippen molar-refractivity contribution in [2.75, 3.05) is 6.61 Å². The fourth-order valence-electron chi connectivity index (χ4n) is 2.62. The van der Waals surface area contributed by atoms with E-state index < -0.39 is 27.7 Å². The van der Waals surface area contributed by atoms with Gasteiger partial charge in [-0.1, -0.05) is 15.9 Å². The molecular weight excluding hydrogens is 409 g/mol. The van der Waals surface area contributed by atoms with Crippen molar-refractivity contribution in [3.8, 4) is 0 Å². The van der Waals surface area contributed by atoms with E-state index in [2.05, 4.69) is 20.7 Å². The van der Waals surface area contributed by atoms with Gasteiger partial charge in [0.1, 0.15) is 5.82 Å². The van der Waals surface area contributed by atoms with Crippen LogP contribution in [0.5, 0.6) is 0 Å². The average Bonchev–Trinajstić information content (AvgIpc) is 3.32. The van der Waals surface area contributed by atoms with E-state index in [0.29, 0.717) is 15.6 Å². The molecule has 25 heavy (non-hydrogen) atoms. The van der Waals surface area contributed by atoms with Gasteiger partial charge in [-0.25, -0.2) is 13.3 Å². The third-order valence-electron chi connectivity index (χ3n) is 4.00. The van der Waals surface area contributed by atoms with Gasteiger partial charge in [-0.05, 0) is 69.7 Å². The van der Waals surface area contributed by atoms with Crippen LogP contribution in [0.15, 0.2) is 16.6 Å². The summed E-state index contributed by atoms with van der Waals surface area (Å²) in [7, 11) is -1.41. The van der Waals surface area contributed by atoms with E-state index in [1.807, 2.05) is 20.8 Å². The number of hydrogen-bond donors (Lipinski definition) is 1. The number of carbonyl (C=O) groups excluding carboxylic acids is 1. The highest BCUT2D eigenvalue weighted by Crippen LogP contribution is 2.46. The van der Waals surface area contributed by atoms with Crippen molar-refractivity contribution in [2.45, 2.75) is 63.7 Å². The summed E-state index contributed by atoms with van der Waals surface area (Å²) in [6.45, 7) is 7.55. The lowest BCUT2D eigenvalue weighted by Crippen LogP contribution is -2.37. The predicted octanol–water partition coefficient (Wildman–Crippen LogP) is 4.51. The molecule has 1 aromatic rings. The first-order chi connectivity index (χ1) is 11.6. The summed E-state index contributed by atoms with van der Waals surface area (Å²) >= 11 is 3.49. The fraction of sp³-hybridized carbons (Fsp3) is 0.611. The van der Waals surface area contributed by atoms with E-state index in [4.69, 9.17) is 4.74 Å². The molecule has 1 aromatic carbocycles. The molecule has 7 heteroatoms. The maximum atomic E-state index is 14.5. The van der Waals surface area contributed by atoms with Gasteiger partial charge in [0.25, 0.3) is 0 Å². The molecule has 2 rings (SSSR count). The summed E-state index contributed by atoms with van der Waals surface area (Å²) in [5.41, 5.74) is 1.29. The second kappa shape index (κ2) is 8.27. The molecule has 140 valence electrons. The first-order valence-corrected chi connectivity index (χ1v) is 10.4. The van der Waals surface area contributed by atoms with Gasteiger partial charge in [-0.3, -0.25) is 4.79 Å². The standard InChI is InChI=1S/C18H25BrFNO3S/c1-5-24-15(22)10-14(21-25(23)18(2,3)4)17-12(19)8-9-13(20)16(17)11-6-7-11/h8-9,11,14,21H,5-7,10H2,1-4H3/t14-,25+/m1/s1. The van der Waals surface area contributed by atoms with Gasteiger partial charge in [0.05, 0.1) is 34.8 Å². The lowest BCUT2D eigenvalue weighted by molar-refractivity contribution is -0.143. The lowest BCUT2D eigenvalue weighted by Gasteiger charge is -2.26. The van der Waals surface area contributed by atoms with Gasteiger partial charge in [-0.15, -0.1) is 0 Å². The third kappa shape index (κ3) is 5.34. The highest BCUT2D eigenvalue weighted by Gasteiger charge is 2.35. The zero-order valence-electron chi connectivity index (χ0n) is 15.0. The van der Waals surface area contributed by atoms with E-state index in [-0.39, 0.29) is 24.8 Å². The van der Waals surface area contributed by atoms with E-state index in [9.17, 15) is 13.4 Å². The molecule has 1 N–H and O–H groups in total. The van der Waals surface area contributed by atoms with Crippen LogP contribution in [0.25, 0.3) is 0 Å². The molecular formula is C18H25BrFNO3S. The highest BCUT2D eigenvalue weighted by atomic mass is 79.9. The Morgan fingerprint density at radius 3 is 2.60 bits per heavy atom. The topological polar surface area (TPSA) is 55.4 Å². The summed E-state index contributed by atoms with van der Waals surface area (Å²) < 4.78 is 35.4. The fourth-order valence-corrected chi connectivity index (χ4v) is 4.05. The molecule has 1 saturated carbocycles. The summed E-state index contributed by atoms with van der Waals surface area (Å²) in [5, 5.41) is 0. The van der Waals surface area contributed by atoms with Crippen LogP contribution in [0, 0.1) is 5.82 Å². The molecule has 1 aliphatic carbocycles.